The summed E-state index contributed by atoms with van der Waals surface area (Å²) in [7, 11) is 2.08. The maximum atomic E-state index is 12.6. The van der Waals surface area contributed by atoms with Crippen LogP contribution in [0.5, 0.6) is 5.75 Å². The van der Waals surface area contributed by atoms with Crippen molar-refractivity contribution in [3.05, 3.63) is 29.8 Å². The average molecular weight is 459 g/mol. The zero-order valence-corrected chi connectivity index (χ0v) is 18.3. The standard InChI is InChI=1S/C20H29F3N2O2.2ClH/c1-24-10-12-25(13-11-24)15-18(19(26)8-3-2-4-9-19)16-6-5-7-17(14-16)27-20(21,22)23;;/h5-7,14,18,26H,2-4,8-13,15H2,1H3;2*1H/t18-;;/m0../s1. The van der Waals surface area contributed by atoms with Crippen LogP contribution in [0.25, 0.3) is 0 Å². The molecular weight excluding hydrogens is 428 g/mol. The third-order valence-corrected chi connectivity index (χ3v) is 5.90. The van der Waals surface area contributed by atoms with E-state index in [1.165, 1.54) is 12.1 Å². The summed E-state index contributed by atoms with van der Waals surface area (Å²) in [4.78, 5) is 4.58. The van der Waals surface area contributed by atoms with E-state index in [-0.39, 0.29) is 36.5 Å². The first-order valence-electron chi connectivity index (χ1n) is 9.74. The zero-order valence-electron chi connectivity index (χ0n) is 16.7. The van der Waals surface area contributed by atoms with Crippen LogP contribution in [-0.4, -0.2) is 66.6 Å². The molecule has 2 aliphatic rings. The fraction of sp³-hybridized carbons (Fsp3) is 0.700. The Morgan fingerprint density at radius 3 is 2.28 bits per heavy atom. The number of hydrogen-bond acceptors (Lipinski definition) is 4. The quantitative estimate of drug-likeness (QED) is 0.706. The van der Waals surface area contributed by atoms with Gasteiger partial charge >= 0.3 is 6.36 Å². The van der Waals surface area contributed by atoms with E-state index in [4.69, 9.17) is 0 Å². The Morgan fingerprint density at radius 2 is 1.69 bits per heavy atom. The molecule has 1 aromatic carbocycles. The first-order chi connectivity index (χ1) is 12.8. The van der Waals surface area contributed by atoms with Crippen LogP contribution in [0.4, 0.5) is 13.2 Å². The maximum absolute atomic E-state index is 12.6. The van der Waals surface area contributed by atoms with Crippen LogP contribution in [0.2, 0.25) is 0 Å². The molecule has 1 N–H and O–H groups in total. The number of aliphatic hydroxyl groups is 1. The summed E-state index contributed by atoms with van der Waals surface area (Å²) in [6.45, 7) is 4.38. The van der Waals surface area contributed by atoms with Gasteiger partial charge in [0.15, 0.2) is 0 Å². The van der Waals surface area contributed by atoms with E-state index >= 15 is 0 Å². The van der Waals surface area contributed by atoms with E-state index < -0.39 is 12.0 Å². The van der Waals surface area contributed by atoms with E-state index in [0.29, 0.717) is 19.4 Å². The van der Waals surface area contributed by atoms with Gasteiger partial charge in [0.25, 0.3) is 0 Å². The molecule has 3 rings (SSSR count). The summed E-state index contributed by atoms with van der Waals surface area (Å²) in [5, 5.41) is 11.4. The van der Waals surface area contributed by atoms with Crippen molar-refractivity contribution in [1.29, 1.82) is 0 Å². The molecule has 0 spiro atoms. The highest BCUT2D eigenvalue weighted by molar-refractivity contribution is 5.85. The first-order valence-corrected chi connectivity index (χ1v) is 9.74. The number of nitrogens with zero attached hydrogens (tertiary/aromatic N) is 2. The Morgan fingerprint density at radius 1 is 1.07 bits per heavy atom. The molecule has 1 saturated heterocycles. The molecule has 0 amide bonds. The van der Waals surface area contributed by atoms with Crippen LogP contribution < -0.4 is 4.74 Å². The van der Waals surface area contributed by atoms with Gasteiger partial charge in [-0.05, 0) is 37.6 Å². The van der Waals surface area contributed by atoms with Gasteiger partial charge < -0.3 is 19.6 Å². The molecule has 0 bridgehead atoms. The highest BCUT2D eigenvalue weighted by atomic mass is 35.5. The number of halogens is 5. The molecule has 4 nitrogen and oxygen atoms in total. The molecule has 168 valence electrons. The lowest BCUT2D eigenvalue weighted by Crippen LogP contribution is -2.50. The van der Waals surface area contributed by atoms with Crippen LogP contribution in [0.15, 0.2) is 24.3 Å². The van der Waals surface area contributed by atoms with Gasteiger partial charge in [-0.3, -0.25) is 0 Å². The van der Waals surface area contributed by atoms with Gasteiger partial charge in [0.05, 0.1) is 5.60 Å². The molecular formula is C20H31Cl2F3N2O2. The molecule has 1 aliphatic carbocycles. The second-order valence-electron chi connectivity index (χ2n) is 7.94. The van der Waals surface area contributed by atoms with E-state index in [1.807, 2.05) is 6.07 Å². The van der Waals surface area contributed by atoms with Crippen molar-refractivity contribution in [1.82, 2.24) is 9.80 Å². The Bertz CT molecular complexity index is 620. The van der Waals surface area contributed by atoms with Crippen molar-refractivity contribution in [2.24, 2.45) is 0 Å². The third kappa shape index (κ3) is 7.47. The minimum absolute atomic E-state index is 0. The summed E-state index contributed by atoms with van der Waals surface area (Å²) >= 11 is 0. The Balaban J connectivity index is 0.00000210. The molecule has 1 atom stereocenters. The predicted octanol–water partition coefficient (Wildman–Crippen LogP) is 4.46. The van der Waals surface area contributed by atoms with Gasteiger partial charge in [-0.15, -0.1) is 38.0 Å². The molecule has 9 heteroatoms. The van der Waals surface area contributed by atoms with Gasteiger partial charge in [-0.1, -0.05) is 31.4 Å². The minimum Gasteiger partial charge on any atom is -0.406 e. The number of ether oxygens (including phenoxy) is 1. The molecule has 0 aromatic heterocycles. The largest absolute Gasteiger partial charge is 0.573 e. The third-order valence-electron chi connectivity index (χ3n) is 5.90. The van der Waals surface area contributed by atoms with Crippen LogP contribution in [0.3, 0.4) is 0 Å². The van der Waals surface area contributed by atoms with Crippen molar-refractivity contribution in [3.63, 3.8) is 0 Å². The van der Waals surface area contributed by atoms with Crippen molar-refractivity contribution >= 4 is 24.8 Å². The number of alkyl halides is 3. The zero-order chi connectivity index (χ0) is 19.5. The number of piperazine rings is 1. The van der Waals surface area contributed by atoms with Gasteiger partial charge in [-0.2, -0.15) is 0 Å². The Labute approximate surface area is 183 Å². The highest BCUT2D eigenvalue weighted by Crippen LogP contribution is 2.41. The van der Waals surface area contributed by atoms with Gasteiger partial charge in [0, 0.05) is 38.6 Å². The van der Waals surface area contributed by atoms with Crippen molar-refractivity contribution in [2.75, 3.05) is 39.8 Å². The molecule has 1 aromatic rings. The molecule has 1 saturated carbocycles. The van der Waals surface area contributed by atoms with Crippen molar-refractivity contribution in [3.8, 4) is 5.75 Å². The van der Waals surface area contributed by atoms with Crippen LogP contribution in [-0.2, 0) is 0 Å². The summed E-state index contributed by atoms with van der Waals surface area (Å²) < 4.78 is 42.0. The fourth-order valence-electron chi connectivity index (χ4n) is 4.32. The normalized spacial score (nSPS) is 21.6. The predicted molar refractivity (Wildman–Crippen MR) is 112 cm³/mol. The number of hydrogen-bond donors (Lipinski definition) is 1. The number of rotatable bonds is 5. The summed E-state index contributed by atoms with van der Waals surface area (Å²) in [6.07, 6.45) is -0.331. The smallest absolute Gasteiger partial charge is 0.406 e. The molecule has 0 unspecified atom stereocenters. The molecule has 1 heterocycles. The number of benzene rings is 1. The summed E-state index contributed by atoms with van der Waals surface area (Å²) in [5.74, 6) is -0.444. The molecule has 0 radical (unpaired) electrons. The van der Waals surface area contributed by atoms with Gasteiger partial charge in [0.1, 0.15) is 5.75 Å². The maximum Gasteiger partial charge on any atom is 0.573 e. The van der Waals surface area contributed by atoms with E-state index in [1.54, 1.807) is 6.07 Å². The second kappa shape index (κ2) is 11.0. The molecule has 1 aliphatic heterocycles. The monoisotopic (exact) mass is 458 g/mol. The SMILES string of the molecule is CN1CCN(C[C@@H](c2cccc(OC(F)(F)F)c2)C2(O)CCCCC2)CC1.Cl.Cl. The minimum atomic E-state index is -4.71. The van der Waals surface area contributed by atoms with Crippen LogP contribution >= 0.6 is 24.8 Å². The average Bonchev–Trinajstić information content (AvgIpc) is 2.60. The second-order valence-corrected chi connectivity index (χ2v) is 7.94. The topological polar surface area (TPSA) is 35.9 Å². The fourth-order valence-corrected chi connectivity index (χ4v) is 4.32. The molecule has 29 heavy (non-hydrogen) atoms. The highest BCUT2D eigenvalue weighted by Gasteiger charge is 2.40. The van der Waals surface area contributed by atoms with Crippen molar-refractivity contribution in [2.45, 2.75) is 50.0 Å². The summed E-state index contributed by atoms with van der Waals surface area (Å²) in [6, 6.07) is 6.16. The Kier molecular flexibility index (Phi) is 10.0. The van der Waals surface area contributed by atoms with E-state index in [9.17, 15) is 18.3 Å². The van der Waals surface area contributed by atoms with Crippen molar-refractivity contribution < 1.29 is 23.0 Å². The lowest BCUT2D eigenvalue weighted by Gasteiger charge is -2.43. The summed E-state index contributed by atoms with van der Waals surface area (Å²) in [5.41, 5.74) is -0.154. The lowest BCUT2D eigenvalue weighted by molar-refractivity contribution is -0.274. The Hall–Kier alpha value is -0.730. The van der Waals surface area contributed by atoms with Crippen LogP contribution in [0.1, 0.15) is 43.6 Å². The lowest BCUT2D eigenvalue weighted by atomic mass is 9.72. The first kappa shape index (κ1) is 26.3. The number of likely N-dealkylation sites (N-methyl/N-ethyl adjacent to an activating group) is 1. The van der Waals surface area contributed by atoms with Crippen LogP contribution in [0, 0.1) is 0 Å². The van der Waals surface area contributed by atoms with E-state index in [0.717, 1.165) is 51.0 Å². The van der Waals surface area contributed by atoms with Gasteiger partial charge in [0.2, 0.25) is 0 Å². The van der Waals surface area contributed by atoms with E-state index in [2.05, 4.69) is 21.6 Å². The molecule has 2 fully saturated rings. The van der Waals surface area contributed by atoms with Gasteiger partial charge in [-0.25, -0.2) is 0 Å².